The Morgan fingerprint density at radius 3 is 0.576 bits per heavy atom. The molecular formula is C10HBr22N. The Balaban J connectivity index is 6.59. The lowest BCUT2D eigenvalue weighted by Gasteiger charge is -2.55. The van der Waals surface area contributed by atoms with Crippen LogP contribution < -0.4 is 5.32 Å². The third-order valence-electron chi connectivity index (χ3n) is 3.39. The molecule has 0 aliphatic carbocycles. The fourth-order valence-electron chi connectivity index (χ4n) is 1.50. The zero-order chi connectivity index (χ0) is 27.7. The van der Waals surface area contributed by atoms with Crippen LogP contribution in [0.15, 0.2) is 0 Å². The second-order valence-corrected chi connectivity index (χ2v) is 46.8. The SMILES string of the molecule is BrC(Br)(Br)C(Br)(Br)C(Br)(Br)C(Br)(Br)C(Br)(Br)NC(Br)(Br)C(Br)(Br)C(Br)(Br)C(Br)(Br)C(Br)(Br)Br. The van der Waals surface area contributed by atoms with Gasteiger partial charge in [0, 0.05) is 0 Å². The van der Waals surface area contributed by atoms with Crippen LogP contribution in [-0.2, 0) is 0 Å². The minimum absolute atomic E-state index is 0.804. The molecule has 0 fully saturated rings. The van der Waals surface area contributed by atoms with Crippen LogP contribution in [-0.4, -0.2) is 30.4 Å². The van der Waals surface area contributed by atoms with Crippen molar-refractivity contribution in [2.24, 2.45) is 0 Å². The standard InChI is InChI=1S/C10HBr22N/c11-1(12,3(15,16)7(23,24)25)5(19,20)9(29,30)33-10(31,32)6(21,22)2(13,14)4(17,18)8(26,27)28/h33H. The van der Waals surface area contributed by atoms with Gasteiger partial charge in [-0.1, -0.05) is 350 Å². The number of rotatable bonds is 8. The first-order valence-electron chi connectivity index (χ1n) is 6.66. The number of hydrogen-bond donors (Lipinski definition) is 1. The molecule has 200 valence electrons. The highest BCUT2D eigenvalue weighted by Crippen LogP contribution is 2.74. The normalized spacial score (nSPS) is 16.9. The summed E-state index contributed by atoms with van der Waals surface area (Å²) in [7, 11) is 0. The zero-order valence-corrected chi connectivity index (χ0v) is 48.7. The Hall–Kier alpha value is 10.5. The minimum Gasteiger partial charge on any atom is -0.265 e. The van der Waals surface area contributed by atoms with Gasteiger partial charge in [-0.3, -0.25) is 5.32 Å². The lowest BCUT2D eigenvalue weighted by molar-refractivity contribution is 0.496. The highest BCUT2D eigenvalue weighted by atomic mass is 80.0. The zero-order valence-electron chi connectivity index (χ0n) is 13.8. The van der Waals surface area contributed by atoms with Crippen molar-refractivity contribution in [3.05, 3.63) is 0 Å². The van der Waals surface area contributed by atoms with E-state index < -0.39 is 30.4 Å². The summed E-state index contributed by atoms with van der Waals surface area (Å²) in [6, 6.07) is 0. The summed E-state index contributed by atoms with van der Waals surface area (Å²) in [5, 5.41) is 3.46. The number of halogens is 22. The Morgan fingerprint density at radius 1 is 0.242 bits per heavy atom. The fourth-order valence-corrected chi connectivity index (χ4v) is 19.3. The van der Waals surface area contributed by atoms with Crippen LogP contribution >= 0.6 is 350 Å². The van der Waals surface area contributed by atoms with Crippen molar-refractivity contribution in [3.63, 3.8) is 0 Å². The number of hydrogen-bond acceptors (Lipinski definition) is 1. The highest BCUT2D eigenvalue weighted by Gasteiger charge is 2.74. The molecule has 33 heavy (non-hydrogen) atoms. The summed E-state index contributed by atoms with van der Waals surface area (Å²) in [4.78, 5) is 0. The smallest absolute Gasteiger partial charge is 0.162 e. The molecule has 0 rings (SSSR count). The third kappa shape index (κ3) is 8.91. The molecule has 0 radical (unpaired) electrons. The maximum Gasteiger partial charge on any atom is 0.162 e. The van der Waals surface area contributed by atoms with Crippen molar-refractivity contribution in [2.75, 3.05) is 0 Å². The van der Waals surface area contributed by atoms with E-state index in [-0.39, 0.29) is 0 Å². The second-order valence-electron chi connectivity index (χ2n) is 5.72. The molecule has 0 saturated heterocycles. The van der Waals surface area contributed by atoms with Gasteiger partial charge in [0.05, 0.1) is 0 Å². The third-order valence-corrected chi connectivity index (χ3v) is 43.6. The average Bonchev–Trinajstić information content (AvgIpc) is 2.50. The lowest BCUT2D eigenvalue weighted by atomic mass is 10.2. The van der Waals surface area contributed by atoms with E-state index in [0.29, 0.717) is 0 Å². The summed E-state index contributed by atoms with van der Waals surface area (Å²) in [6.07, 6.45) is 0. The summed E-state index contributed by atoms with van der Waals surface area (Å²) in [5.41, 5.74) is 0. The van der Waals surface area contributed by atoms with Crippen molar-refractivity contribution in [1.82, 2.24) is 5.32 Å². The van der Waals surface area contributed by atoms with Gasteiger partial charge in [-0.05, 0) is 0 Å². The van der Waals surface area contributed by atoms with E-state index in [1.54, 1.807) is 0 Å². The molecule has 0 heterocycles. The van der Waals surface area contributed by atoms with E-state index >= 15 is 0 Å². The van der Waals surface area contributed by atoms with Gasteiger partial charge in [0.25, 0.3) is 0 Å². The van der Waals surface area contributed by atoms with Crippen LogP contribution in [0.3, 0.4) is 0 Å². The van der Waals surface area contributed by atoms with Crippen molar-refractivity contribution in [3.8, 4) is 0 Å². The maximum atomic E-state index is 3.80. The van der Waals surface area contributed by atoms with Gasteiger partial charge in [-0.15, -0.1) is 0 Å². The van der Waals surface area contributed by atoms with Crippen LogP contribution in [0.25, 0.3) is 0 Å². The molecule has 1 nitrogen and oxygen atoms in total. The average molecular weight is 1890 g/mol. The summed E-state index contributed by atoms with van der Waals surface area (Å²) >= 11 is 81.7. The van der Waals surface area contributed by atoms with E-state index in [9.17, 15) is 0 Å². The van der Waals surface area contributed by atoms with Crippen molar-refractivity contribution < 1.29 is 0 Å². The predicted molar refractivity (Wildman–Crippen MR) is 227 cm³/mol. The molecule has 0 atom stereocenters. The second kappa shape index (κ2) is 14.3. The van der Waals surface area contributed by atoms with Crippen LogP contribution in [0, 0.1) is 0 Å². The Morgan fingerprint density at radius 2 is 0.424 bits per heavy atom. The van der Waals surface area contributed by atoms with E-state index in [2.05, 4.69) is 356 Å². The van der Waals surface area contributed by atoms with E-state index in [0.717, 1.165) is 0 Å². The van der Waals surface area contributed by atoms with Gasteiger partial charge in [0.15, 0.2) is 11.0 Å². The van der Waals surface area contributed by atoms with Crippen molar-refractivity contribution in [2.45, 2.75) is 30.4 Å². The van der Waals surface area contributed by atoms with Crippen LogP contribution in [0.1, 0.15) is 0 Å². The van der Waals surface area contributed by atoms with E-state index in [4.69, 9.17) is 0 Å². The summed E-state index contributed by atoms with van der Waals surface area (Å²) in [6.45, 7) is 0. The molecule has 0 spiro atoms. The minimum atomic E-state index is -1.10. The van der Waals surface area contributed by atoms with Gasteiger partial charge in [-0.25, -0.2) is 0 Å². The Kier molecular flexibility index (Phi) is 18.9. The molecule has 23 heteroatoms. The molecule has 0 aromatic carbocycles. The molecule has 0 saturated carbocycles. The maximum absolute atomic E-state index is 3.80. The Labute approximate surface area is 377 Å². The molecule has 0 unspecified atom stereocenters. The predicted octanol–water partition coefficient (Wildman–Crippen LogP) is 16.1. The van der Waals surface area contributed by atoms with Gasteiger partial charge in [0.2, 0.25) is 0 Å². The first kappa shape index (κ1) is 43.5. The largest absolute Gasteiger partial charge is 0.265 e. The number of alkyl halides is 22. The van der Waals surface area contributed by atoms with Gasteiger partial charge in [-0.2, -0.15) is 0 Å². The molecule has 1 N–H and O–H groups in total. The van der Waals surface area contributed by atoms with Gasteiger partial charge >= 0.3 is 0 Å². The first-order chi connectivity index (χ1) is 13.7. The van der Waals surface area contributed by atoms with Gasteiger partial charge in [0.1, 0.15) is 19.4 Å². The van der Waals surface area contributed by atoms with E-state index in [1.165, 1.54) is 0 Å². The highest BCUT2D eigenvalue weighted by molar-refractivity contribution is 9.43. The molecule has 0 aromatic heterocycles. The first-order valence-corrected chi connectivity index (χ1v) is 24.1. The van der Waals surface area contributed by atoms with Crippen molar-refractivity contribution in [1.29, 1.82) is 0 Å². The number of nitrogens with one attached hydrogen (secondary N) is 1. The molecule has 0 aliphatic heterocycles. The lowest BCUT2D eigenvalue weighted by Crippen LogP contribution is -2.70. The molecule has 0 bridgehead atoms. The van der Waals surface area contributed by atoms with Crippen molar-refractivity contribution >= 4 is 350 Å². The summed E-state index contributed by atoms with van der Waals surface area (Å²) in [5.74, 6) is 0. The monoisotopic (exact) mass is 1870 g/mol. The quantitative estimate of drug-likeness (QED) is 0.189. The van der Waals surface area contributed by atoms with Gasteiger partial charge < -0.3 is 0 Å². The van der Waals surface area contributed by atoms with E-state index in [1.807, 2.05) is 0 Å². The molecule has 0 amide bonds. The molecular weight excluding hydrogens is 1890 g/mol. The fraction of sp³-hybridized carbons (Fsp3) is 1.00. The van der Waals surface area contributed by atoms with Crippen LogP contribution in [0.5, 0.6) is 0 Å². The summed E-state index contributed by atoms with van der Waals surface area (Å²) < 4.78 is -9.67. The Bertz CT molecular complexity index is 648. The molecule has 0 aromatic rings. The molecule has 0 aliphatic rings. The van der Waals surface area contributed by atoms with Crippen LogP contribution in [0.4, 0.5) is 0 Å². The topological polar surface area (TPSA) is 12.0 Å². The van der Waals surface area contributed by atoms with Crippen LogP contribution in [0.2, 0.25) is 0 Å².